The molecule has 0 spiro atoms. The highest BCUT2D eigenvalue weighted by atomic mass is 35.5. The number of nitrogens with one attached hydrogen (secondary N) is 1. The van der Waals surface area contributed by atoms with E-state index in [1.54, 1.807) is 0 Å². The Morgan fingerprint density at radius 3 is 2.72 bits per heavy atom. The third kappa shape index (κ3) is 2.26. The number of halogens is 2. The normalized spacial score (nSPS) is 14.3. The largest absolute Gasteiger partial charge is 0.312 e. The van der Waals surface area contributed by atoms with Gasteiger partial charge in [-0.2, -0.15) is 0 Å². The third-order valence-corrected chi connectivity index (χ3v) is 3.76. The number of hydrogen-bond donors (Lipinski definition) is 1. The third-order valence-electron chi connectivity index (χ3n) is 3.31. The van der Waals surface area contributed by atoms with Crippen LogP contribution in [0.25, 0.3) is 11.1 Å². The maximum absolute atomic E-state index is 6.21. The maximum Gasteiger partial charge on any atom is 0.0415 e. The van der Waals surface area contributed by atoms with Gasteiger partial charge in [0.2, 0.25) is 0 Å². The zero-order chi connectivity index (χ0) is 12.5. The first-order valence-electron chi connectivity index (χ1n) is 6.02. The van der Waals surface area contributed by atoms with E-state index in [0.717, 1.165) is 35.1 Å². The van der Waals surface area contributed by atoms with Crippen molar-refractivity contribution in [2.75, 3.05) is 6.54 Å². The van der Waals surface area contributed by atoms with E-state index in [-0.39, 0.29) is 0 Å². The lowest BCUT2D eigenvalue weighted by Gasteiger charge is -2.21. The van der Waals surface area contributed by atoms with Gasteiger partial charge in [-0.1, -0.05) is 35.3 Å². The van der Waals surface area contributed by atoms with Gasteiger partial charge >= 0.3 is 0 Å². The molecular formula is C15H13Cl2N. The highest BCUT2D eigenvalue weighted by molar-refractivity contribution is 6.31. The van der Waals surface area contributed by atoms with E-state index in [1.807, 2.05) is 24.3 Å². The maximum atomic E-state index is 6.21. The van der Waals surface area contributed by atoms with Crippen LogP contribution in [0.1, 0.15) is 11.1 Å². The molecule has 3 rings (SSSR count). The SMILES string of the molecule is Clc1cccc(-c2cc(Cl)cc3c2CCNC3)c1. The molecule has 3 heteroatoms. The Morgan fingerprint density at radius 1 is 1.00 bits per heavy atom. The summed E-state index contributed by atoms with van der Waals surface area (Å²) in [5, 5.41) is 4.92. The first-order chi connectivity index (χ1) is 8.74. The van der Waals surface area contributed by atoms with Crippen LogP contribution in [0.2, 0.25) is 10.0 Å². The molecule has 0 saturated heterocycles. The van der Waals surface area contributed by atoms with Crippen molar-refractivity contribution in [1.82, 2.24) is 5.32 Å². The molecule has 1 nitrogen and oxygen atoms in total. The Labute approximate surface area is 117 Å². The van der Waals surface area contributed by atoms with E-state index in [4.69, 9.17) is 23.2 Å². The molecule has 2 aromatic rings. The predicted octanol–water partition coefficient (Wildman–Crippen LogP) is 4.31. The van der Waals surface area contributed by atoms with Crippen molar-refractivity contribution in [2.45, 2.75) is 13.0 Å². The van der Waals surface area contributed by atoms with Crippen molar-refractivity contribution in [3.63, 3.8) is 0 Å². The van der Waals surface area contributed by atoms with E-state index in [9.17, 15) is 0 Å². The minimum Gasteiger partial charge on any atom is -0.312 e. The van der Waals surface area contributed by atoms with Crippen LogP contribution in [-0.2, 0) is 13.0 Å². The molecule has 0 atom stereocenters. The molecule has 1 heterocycles. The van der Waals surface area contributed by atoms with Gasteiger partial charge in [0, 0.05) is 16.6 Å². The summed E-state index contributed by atoms with van der Waals surface area (Å²) >= 11 is 12.3. The van der Waals surface area contributed by atoms with Crippen molar-refractivity contribution in [3.05, 3.63) is 57.6 Å². The molecule has 1 aliphatic heterocycles. The molecular weight excluding hydrogens is 265 g/mol. The van der Waals surface area contributed by atoms with Gasteiger partial charge in [-0.25, -0.2) is 0 Å². The fourth-order valence-corrected chi connectivity index (χ4v) is 2.93. The summed E-state index contributed by atoms with van der Waals surface area (Å²) in [5.41, 5.74) is 5.04. The van der Waals surface area contributed by atoms with Crippen LogP contribution in [0.5, 0.6) is 0 Å². The van der Waals surface area contributed by atoms with Crippen LogP contribution in [0.3, 0.4) is 0 Å². The lowest BCUT2D eigenvalue weighted by atomic mass is 9.91. The average molecular weight is 278 g/mol. The van der Waals surface area contributed by atoms with Gasteiger partial charge in [0.25, 0.3) is 0 Å². The number of rotatable bonds is 1. The second-order valence-electron chi connectivity index (χ2n) is 4.53. The van der Waals surface area contributed by atoms with Crippen LogP contribution in [0.15, 0.2) is 36.4 Å². The molecule has 0 radical (unpaired) electrons. The molecule has 0 unspecified atom stereocenters. The summed E-state index contributed by atoms with van der Waals surface area (Å²) in [6.07, 6.45) is 1.04. The number of fused-ring (bicyclic) bond motifs is 1. The van der Waals surface area contributed by atoms with Crippen LogP contribution >= 0.6 is 23.2 Å². The molecule has 0 amide bonds. The monoisotopic (exact) mass is 277 g/mol. The van der Waals surface area contributed by atoms with Crippen molar-refractivity contribution in [2.24, 2.45) is 0 Å². The van der Waals surface area contributed by atoms with Crippen molar-refractivity contribution in [3.8, 4) is 11.1 Å². The van der Waals surface area contributed by atoms with Crippen molar-refractivity contribution >= 4 is 23.2 Å². The molecule has 0 fully saturated rings. The number of benzene rings is 2. The predicted molar refractivity (Wildman–Crippen MR) is 77.3 cm³/mol. The first-order valence-corrected chi connectivity index (χ1v) is 6.77. The average Bonchev–Trinajstić information content (AvgIpc) is 2.37. The summed E-state index contributed by atoms with van der Waals surface area (Å²) in [4.78, 5) is 0. The Bertz CT molecular complexity index is 593. The molecule has 0 aliphatic carbocycles. The Balaban J connectivity index is 2.19. The van der Waals surface area contributed by atoms with E-state index in [1.165, 1.54) is 16.7 Å². The van der Waals surface area contributed by atoms with Gasteiger partial charge in [0.1, 0.15) is 0 Å². The minimum absolute atomic E-state index is 0.759. The Morgan fingerprint density at radius 2 is 1.89 bits per heavy atom. The van der Waals surface area contributed by atoms with Crippen molar-refractivity contribution < 1.29 is 0 Å². The molecule has 0 aromatic heterocycles. The van der Waals surface area contributed by atoms with Gasteiger partial charge in [0.05, 0.1) is 0 Å². The van der Waals surface area contributed by atoms with Gasteiger partial charge < -0.3 is 5.32 Å². The highest BCUT2D eigenvalue weighted by Crippen LogP contribution is 2.32. The van der Waals surface area contributed by atoms with Crippen LogP contribution in [0, 0.1) is 0 Å². The van der Waals surface area contributed by atoms with Crippen LogP contribution < -0.4 is 5.32 Å². The second-order valence-corrected chi connectivity index (χ2v) is 5.40. The van der Waals surface area contributed by atoms with Gasteiger partial charge in [-0.15, -0.1) is 0 Å². The molecule has 1 aliphatic rings. The fraction of sp³-hybridized carbons (Fsp3) is 0.200. The highest BCUT2D eigenvalue weighted by Gasteiger charge is 2.15. The first kappa shape index (κ1) is 12.0. The fourth-order valence-electron chi connectivity index (χ4n) is 2.50. The molecule has 1 N–H and O–H groups in total. The zero-order valence-electron chi connectivity index (χ0n) is 9.84. The lowest BCUT2D eigenvalue weighted by molar-refractivity contribution is 0.645. The summed E-state index contributed by atoms with van der Waals surface area (Å²) in [5.74, 6) is 0. The van der Waals surface area contributed by atoms with Gasteiger partial charge in [0.15, 0.2) is 0 Å². The van der Waals surface area contributed by atoms with E-state index in [0.29, 0.717) is 0 Å². The zero-order valence-corrected chi connectivity index (χ0v) is 11.4. The summed E-state index contributed by atoms with van der Waals surface area (Å²) < 4.78 is 0. The van der Waals surface area contributed by atoms with Crippen LogP contribution in [0.4, 0.5) is 0 Å². The lowest BCUT2D eigenvalue weighted by Crippen LogP contribution is -2.24. The van der Waals surface area contributed by atoms with Gasteiger partial charge in [-0.05, 0) is 59.5 Å². The smallest absolute Gasteiger partial charge is 0.0415 e. The van der Waals surface area contributed by atoms with E-state index >= 15 is 0 Å². The van der Waals surface area contributed by atoms with Crippen LogP contribution in [-0.4, -0.2) is 6.54 Å². The number of hydrogen-bond acceptors (Lipinski definition) is 1. The Kier molecular flexibility index (Phi) is 3.29. The summed E-state index contributed by atoms with van der Waals surface area (Å²) in [6, 6.07) is 12.0. The molecule has 0 saturated carbocycles. The van der Waals surface area contributed by atoms with Gasteiger partial charge in [-0.3, -0.25) is 0 Å². The topological polar surface area (TPSA) is 12.0 Å². The minimum atomic E-state index is 0.759. The van der Waals surface area contributed by atoms with E-state index < -0.39 is 0 Å². The summed E-state index contributed by atoms with van der Waals surface area (Å²) in [7, 11) is 0. The quantitative estimate of drug-likeness (QED) is 0.819. The van der Waals surface area contributed by atoms with E-state index in [2.05, 4.69) is 17.4 Å². The molecule has 92 valence electrons. The summed E-state index contributed by atoms with van der Waals surface area (Å²) in [6.45, 7) is 1.91. The standard InChI is InChI=1S/C15H13Cl2N/c16-12-3-1-2-10(6-12)15-8-13(17)7-11-9-18-5-4-14(11)15/h1-3,6-8,18H,4-5,9H2. The molecule has 2 aromatic carbocycles. The van der Waals surface area contributed by atoms with Crippen molar-refractivity contribution in [1.29, 1.82) is 0 Å². The molecule has 0 bridgehead atoms. The Hall–Kier alpha value is -1.02. The molecule has 18 heavy (non-hydrogen) atoms. The second kappa shape index (κ2) is 4.93.